The van der Waals surface area contributed by atoms with Crippen LogP contribution in [0.5, 0.6) is 0 Å². The number of fused-ring (bicyclic) bond motifs is 1. The van der Waals surface area contributed by atoms with Crippen LogP contribution < -0.4 is 4.72 Å². The molecule has 24 heavy (non-hydrogen) atoms. The number of anilines is 1. The van der Waals surface area contributed by atoms with Crippen LogP contribution in [0, 0.1) is 0 Å². The average Bonchev–Trinajstić information content (AvgIpc) is 3.26. The van der Waals surface area contributed by atoms with E-state index in [9.17, 15) is 8.42 Å². The minimum absolute atomic E-state index is 0.164. The van der Waals surface area contributed by atoms with Crippen LogP contribution in [0.1, 0.15) is 37.2 Å². The zero-order valence-corrected chi connectivity index (χ0v) is 15.6. The van der Waals surface area contributed by atoms with Crippen LogP contribution in [0.2, 0.25) is 0 Å². The van der Waals surface area contributed by atoms with Gasteiger partial charge in [0.05, 0.1) is 0 Å². The standard InChI is InChI=1S/C16H19N3O2S3/c20-24(21,13-7-4-8-22-13)19-15-14-12(11-5-2-1-3-6-11)9-23-16(14)18-10-17-15/h2,5-6,10,12-13H,1,3-4,7-9H2,(H,17,18,19). The molecule has 0 radical (unpaired) electrons. The van der Waals surface area contributed by atoms with E-state index in [-0.39, 0.29) is 10.5 Å². The number of allylic oxidation sites excluding steroid dienone is 4. The Kier molecular flexibility index (Phi) is 4.62. The van der Waals surface area contributed by atoms with Gasteiger partial charge in [0.2, 0.25) is 10.0 Å². The van der Waals surface area contributed by atoms with E-state index in [1.54, 1.807) is 11.8 Å². The lowest BCUT2D eigenvalue weighted by atomic mass is 9.90. The number of nitrogens with one attached hydrogen (secondary N) is 1. The smallest absolute Gasteiger partial charge is 0.246 e. The Morgan fingerprint density at radius 2 is 2.17 bits per heavy atom. The molecule has 8 heteroatoms. The number of nitrogens with zero attached hydrogens (tertiary/aromatic N) is 2. The monoisotopic (exact) mass is 381 g/mol. The van der Waals surface area contributed by atoms with Gasteiger partial charge in [-0.25, -0.2) is 18.4 Å². The predicted molar refractivity (Wildman–Crippen MR) is 100.0 cm³/mol. The second-order valence-electron chi connectivity index (χ2n) is 6.08. The fourth-order valence-corrected chi connectivity index (χ4v) is 7.60. The van der Waals surface area contributed by atoms with E-state index in [2.05, 4.69) is 32.9 Å². The Bertz CT molecular complexity index is 799. The van der Waals surface area contributed by atoms with Crippen LogP contribution in [-0.2, 0) is 10.0 Å². The normalized spacial score (nSPS) is 26.2. The lowest BCUT2D eigenvalue weighted by molar-refractivity contribution is 0.596. The van der Waals surface area contributed by atoms with E-state index in [1.807, 2.05) is 0 Å². The molecule has 1 aliphatic carbocycles. The van der Waals surface area contributed by atoms with Crippen LogP contribution in [0.25, 0.3) is 0 Å². The van der Waals surface area contributed by atoms with Crippen molar-refractivity contribution in [3.05, 3.63) is 35.7 Å². The molecule has 0 saturated carbocycles. The van der Waals surface area contributed by atoms with Crippen molar-refractivity contribution in [3.8, 4) is 0 Å². The maximum Gasteiger partial charge on any atom is 0.246 e. The molecule has 0 spiro atoms. The minimum Gasteiger partial charge on any atom is -0.266 e. The van der Waals surface area contributed by atoms with Crippen molar-refractivity contribution in [2.75, 3.05) is 16.2 Å². The molecule has 2 aliphatic heterocycles. The van der Waals surface area contributed by atoms with Gasteiger partial charge in [-0.3, -0.25) is 4.72 Å². The first-order valence-electron chi connectivity index (χ1n) is 8.12. The molecule has 0 aromatic carbocycles. The molecule has 2 atom stereocenters. The molecule has 1 aromatic heterocycles. The largest absolute Gasteiger partial charge is 0.266 e. The van der Waals surface area contributed by atoms with Gasteiger partial charge in [-0.05, 0) is 37.0 Å². The van der Waals surface area contributed by atoms with Gasteiger partial charge in [0.1, 0.15) is 21.8 Å². The number of hydrogen-bond donors (Lipinski definition) is 1. The predicted octanol–water partition coefficient (Wildman–Crippen LogP) is 3.54. The van der Waals surface area contributed by atoms with Gasteiger partial charge in [0, 0.05) is 17.2 Å². The summed E-state index contributed by atoms with van der Waals surface area (Å²) >= 11 is 3.19. The Labute approximate surface area is 150 Å². The Morgan fingerprint density at radius 1 is 1.25 bits per heavy atom. The van der Waals surface area contributed by atoms with Crippen LogP contribution >= 0.6 is 23.5 Å². The van der Waals surface area contributed by atoms with Crippen molar-refractivity contribution in [3.63, 3.8) is 0 Å². The van der Waals surface area contributed by atoms with E-state index in [1.165, 1.54) is 23.7 Å². The van der Waals surface area contributed by atoms with Gasteiger partial charge < -0.3 is 0 Å². The van der Waals surface area contributed by atoms with E-state index in [0.29, 0.717) is 12.2 Å². The van der Waals surface area contributed by atoms with Crippen molar-refractivity contribution in [1.82, 2.24) is 9.97 Å². The first-order valence-corrected chi connectivity index (χ1v) is 11.7. The highest BCUT2D eigenvalue weighted by molar-refractivity contribution is 8.14. The Morgan fingerprint density at radius 3 is 2.92 bits per heavy atom. The molecule has 3 heterocycles. The third-order valence-electron chi connectivity index (χ3n) is 4.48. The molecule has 1 N–H and O–H groups in total. The fourth-order valence-electron chi connectivity index (χ4n) is 3.28. The maximum absolute atomic E-state index is 12.7. The molecule has 1 aromatic rings. The molecular formula is C16H19N3O2S3. The zero-order valence-electron chi connectivity index (χ0n) is 13.1. The SMILES string of the molecule is O=S(=O)(Nc1ncnc2c1C(C1=CCCC=C1)CS2)C1CCCS1. The number of rotatable bonds is 4. The summed E-state index contributed by atoms with van der Waals surface area (Å²) in [6.07, 6.45) is 11.8. The van der Waals surface area contributed by atoms with Crippen molar-refractivity contribution in [2.45, 2.75) is 41.2 Å². The van der Waals surface area contributed by atoms with Crippen molar-refractivity contribution in [2.24, 2.45) is 0 Å². The van der Waals surface area contributed by atoms with Crippen LogP contribution in [0.4, 0.5) is 5.82 Å². The minimum atomic E-state index is -3.41. The van der Waals surface area contributed by atoms with Crippen LogP contribution in [-0.4, -0.2) is 34.5 Å². The highest BCUT2D eigenvalue weighted by atomic mass is 32.3. The molecular weight excluding hydrogens is 362 g/mol. The third-order valence-corrected chi connectivity index (χ3v) is 9.29. The van der Waals surface area contributed by atoms with Gasteiger partial charge in [-0.2, -0.15) is 0 Å². The van der Waals surface area contributed by atoms with Crippen LogP contribution in [0.15, 0.2) is 35.2 Å². The fraction of sp³-hybridized carbons (Fsp3) is 0.500. The number of thioether (sulfide) groups is 2. The van der Waals surface area contributed by atoms with Crippen molar-refractivity contribution < 1.29 is 8.42 Å². The van der Waals surface area contributed by atoms with Gasteiger partial charge >= 0.3 is 0 Å². The molecule has 5 nitrogen and oxygen atoms in total. The Balaban J connectivity index is 1.67. The molecule has 128 valence electrons. The van der Waals surface area contributed by atoms with Gasteiger partial charge in [-0.1, -0.05) is 18.2 Å². The molecule has 4 rings (SSSR count). The topological polar surface area (TPSA) is 72.0 Å². The van der Waals surface area contributed by atoms with Gasteiger partial charge in [-0.15, -0.1) is 23.5 Å². The first-order chi connectivity index (χ1) is 11.6. The summed E-state index contributed by atoms with van der Waals surface area (Å²) in [5.41, 5.74) is 2.19. The van der Waals surface area contributed by atoms with Crippen molar-refractivity contribution >= 4 is 39.4 Å². The number of sulfonamides is 1. The summed E-state index contributed by atoms with van der Waals surface area (Å²) in [4.78, 5) is 8.63. The summed E-state index contributed by atoms with van der Waals surface area (Å²) in [7, 11) is -3.41. The second-order valence-corrected chi connectivity index (χ2v) is 10.6. The number of aromatic nitrogens is 2. The molecule has 1 saturated heterocycles. The summed E-state index contributed by atoms with van der Waals surface area (Å²) < 4.78 is 27.7. The van der Waals surface area contributed by atoms with E-state index in [4.69, 9.17) is 0 Å². The zero-order chi connectivity index (χ0) is 16.6. The third kappa shape index (κ3) is 3.11. The maximum atomic E-state index is 12.7. The summed E-state index contributed by atoms with van der Waals surface area (Å²) in [5.74, 6) is 2.42. The average molecular weight is 382 g/mol. The van der Waals surface area contributed by atoms with E-state index in [0.717, 1.165) is 41.4 Å². The summed E-state index contributed by atoms with van der Waals surface area (Å²) in [5, 5.41) is 0.895. The molecule has 1 fully saturated rings. The summed E-state index contributed by atoms with van der Waals surface area (Å²) in [6.45, 7) is 0. The molecule has 0 bridgehead atoms. The summed E-state index contributed by atoms with van der Waals surface area (Å²) in [6, 6.07) is 0. The molecule has 0 amide bonds. The highest BCUT2D eigenvalue weighted by Crippen LogP contribution is 2.46. The van der Waals surface area contributed by atoms with Gasteiger partial charge in [0.25, 0.3) is 0 Å². The Hall–Kier alpha value is -0.990. The lowest BCUT2D eigenvalue weighted by Crippen LogP contribution is -2.25. The molecule has 3 aliphatic rings. The number of hydrogen-bond acceptors (Lipinski definition) is 6. The van der Waals surface area contributed by atoms with Crippen LogP contribution in [0.3, 0.4) is 0 Å². The quantitative estimate of drug-likeness (QED) is 0.805. The van der Waals surface area contributed by atoms with Crippen molar-refractivity contribution in [1.29, 1.82) is 0 Å². The molecule has 2 unspecified atom stereocenters. The highest BCUT2D eigenvalue weighted by Gasteiger charge is 2.34. The lowest BCUT2D eigenvalue weighted by Gasteiger charge is -2.19. The van der Waals surface area contributed by atoms with E-state index >= 15 is 0 Å². The van der Waals surface area contributed by atoms with Gasteiger partial charge in [0.15, 0.2) is 0 Å². The van der Waals surface area contributed by atoms with E-state index < -0.39 is 10.0 Å². The first kappa shape index (κ1) is 16.5. The second kappa shape index (κ2) is 6.72.